The van der Waals surface area contributed by atoms with E-state index in [1.807, 2.05) is 18.2 Å². The van der Waals surface area contributed by atoms with Crippen LogP contribution in [0, 0.1) is 0 Å². The summed E-state index contributed by atoms with van der Waals surface area (Å²) in [7, 11) is 0. The minimum atomic E-state index is -0.662. The molecule has 20 rings (SSSR count). The number of anilines is 6. The van der Waals surface area contributed by atoms with Gasteiger partial charge in [0.15, 0.2) is 17.5 Å². The quantitative estimate of drug-likeness (QED) is 0.121. The summed E-state index contributed by atoms with van der Waals surface area (Å²) in [5.41, 5.74) is 26.9. The van der Waals surface area contributed by atoms with Gasteiger partial charge in [-0.3, -0.25) is 0 Å². The third-order valence-corrected chi connectivity index (χ3v) is 26.6. The van der Waals surface area contributed by atoms with Crippen molar-refractivity contribution < 1.29 is 13.7 Å². The maximum absolute atomic E-state index is 9.79. The molecule has 0 saturated heterocycles. The zero-order valence-electron chi connectivity index (χ0n) is 88.0. The molecule has 0 atom stereocenters. The summed E-state index contributed by atoms with van der Waals surface area (Å²) in [4.78, 5) is 21.0. The van der Waals surface area contributed by atoms with Gasteiger partial charge in [-0.15, -0.1) is 0 Å². The Morgan fingerprint density at radius 1 is 0.240 bits per heavy atom. The van der Waals surface area contributed by atoms with Gasteiger partial charge in [0.05, 0.1) is 47.1 Å². The Labute approximate surface area is 777 Å². The highest BCUT2D eigenvalue weighted by Crippen LogP contribution is 2.56. The van der Waals surface area contributed by atoms with E-state index >= 15 is 0 Å². The lowest BCUT2D eigenvalue weighted by Crippen LogP contribution is -2.61. The molecule has 0 unspecified atom stereocenters. The zero-order valence-corrected chi connectivity index (χ0v) is 78.0. The van der Waals surface area contributed by atoms with Crippen molar-refractivity contribution in [1.82, 2.24) is 24.1 Å². The summed E-state index contributed by atoms with van der Waals surface area (Å²) in [5, 5.41) is 4.55. The lowest BCUT2D eigenvalue weighted by atomic mass is 9.33. The molecule has 0 spiro atoms. The summed E-state index contributed by atoms with van der Waals surface area (Å²) in [5.74, 6) is -0.849. The lowest BCUT2D eigenvalue weighted by molar-refractivity contribution is 0.569. The molecule has 5 heterocycles. The van der Waals surface area contributed by atoms with Crippen LogP contribution in [0.4, 0.5) is 34.1 Å². The fourth-order valence-electron chi connectivity index (χ4n) is 19.2. The van der Waals surface area contributed by atoms with E-state index in [9.17, 15) is 11.0 Å². The van der Waals surface area contributed by atoms with Crippen molar-refractivity contribution in [2.45, 2.75) is 183 Å². The predicted molar refractivity (Wildman–Crippen MR) is 551 cm³/mol. The van der Waals surface area contributed by atoms with Crippen molar-refractivity contribution in [2.24, 2.45) is 0 Å². The molecule has 8 heteroatoms. The van der Waals surface area contributed by atoms with E-state index in [1.165, 1.54) is 33.0 Å². The van der Waals surface area contributed by atoms with Crippen LogP contribution in [-0.2, 0) is 37.9 Å². The molecule has 0 aliphatic carbocycles. The highest BCUT2D eigenvalue weighted by Gasteiger charge is 2.47. The molecule has 0 amide bonds. The molecule has 0 saturated carbocycles. The Bertz CT molecular complexity index is 7850. The second-order valence-electron chi connectivity index (χ2n) is 42.7. The SMILES string of the molecule is [2H]c1c([2H])c([2H])c(-c2nc(-c3cc(C(C)(C)C)cc(-c4ccccc4)c3N3c4cc(-n5c6ccc(C(C)(C)C)cc6c6cc(C(C)(C)C)ccc65)ccc4B4c5ccc(-n6c7ccc(C(C)(C)C)cc7c7cc(C(C)(C)C)ccc76)cc5N(c5ccc(-c6ccccc6)cc5-c5ccccc5)c5cc(-c6cc(C(C)(C)C)cc(C(C)(C)C)c6)cc3c54)nc(-c3c([2H])c([2H])c([2H])c([2H])c3[2H])n2)c([2H])c1[2H]. The molecule has 129 heavy (non-hydrogen) atoms. The molecule has 2 aliphatic heterocycles. The molecule has 0 bridgehead atoms. The Hall–Kier alpha value is -13.4. The van der Waals surface area contributed by atoms with Crippen LogP contribution in [0.1, 0.15) is 198 Å². The van der Waals surface area contributed by atoms with Gasteiger partial charge in [-0.25, -0.2) is 15.0 Å². The first-order valence-corrected chi connectivity index (χ1v) is 45.3. The van der Waals surface area contributed by atoms with E-state index in [0.29, 0.717) is 11.3 Å². The van der Waals surface area contributed by atoms with E-state index in [4.69, 9.17) is 17.7 Å². The minimum absolute atomic E-state index is 0.0824. The number of aromatic nitrogens is 5. The molecule has 15 aromatic carbocycles. The second-order valence-corrected chi connectivity index (χ2v) is 42.7. The van der Waals surface area contributed by atoms with Crippen LogP contribution >= 0.6 is 0 Å². The number of benzene rings is 15. The van der Waals surface area contributed by atoms with Gasteiger partial charge >= 0.3 is 0 Å². The molecule has 2 aliphatic rings. The number of nitrogens with zero attached hydrogens (tertiary/aromatic N) is 7. The average molecular weight is 1690 g/mol. The fraction of sp³-hybridized carbons (Fsp3) is 0.231. The van der Waals surface area contributed by atoms with Crippen LogP contribution in [0.25, 0.3) is 134 Å². The van der Waals surface area contributed by atoms with Crippen molar-refractivity contribution in [2.75, 3.05) is 9.80 Å². The summed E-state index contributed by atoms with van der Waals surface area (Å²) >= 11 is 0. The topological polar surface area (TPSA) is 55.0 Å². The van der Waals surface area contributed by atoms with Crippen LogP contribution in [-0.4, -0.2) is 30.8 Å². The Balaban J connectivity index is 1.01. The molecular formula is C121H116BN7. The molecule has 638 valence electrons. The third-order valence-electron chi connectivity index (χ3n) is 26.6. The largest absolute Gasteiger partial charge is 0.311 e. The fourth-order valence-corrected chi connectivity index (χ4v) is 19.2. The molecule has 3 aromatic heterocycles. The Morgan fingerprint density at radius 3 is 1.01 bits per heavy atom. The van der Waals surface area contributed by atoms with Crippen LogP contribution in [0.15, 0.2) is 321 Å². The Morgan fingerprint density at radius 2 is 0.597 bits per heavy atom. The van der Waals surface area contributed by atoms with E-state index < -0.39 is 72.6 Å². The summed E-state index contributed by atoms with van der Waals surface area (Å²) in [6.07, 6.45) is 0. The van der Waals surface area contributed by atoms with Gasteiger partial charge in [0.1, 0.15) is 0 Å². The molecule has 0 N–H and O–H groups in total. The van der Waals surface area contributed by atoms with Gasteiger partial charge < -0.3 is 18.9 Å². The van der Waals surface area contributed by atoms with Crippen molar-refractivity contribution in [1.29, 1.82) is 0 Å². The summed E-state index contributed by atoms with van der Waals surface area (Å²) in [6.45, 7) is 46.9. The van der Waals surface area contributed by atoms with Gasteiger partial charge in [0.2, 0.25) is 0 Å². The molecule has 0 radical (unpaired) electrons. The first-order chi connectivity index (χ1) is 65.5. The van der Waals surface area contributed by atoms with E-state index in [1.54, 1.807) is 0 Å². The predicted octanol–water partition coefficient (Wildman–Crippen LogP) is 30.9. The number of hydrogen-bond acceptors (Lipinski definition) is 5. The van der Waals surface area contributed by atoms with Crippen molar-refractivity contribution >= 4 is 101 Å². The molecular weight excluding hydrogens is 1560 g/mol. The van der Waals surface area contributed by atoms with Crippen LogP contribution < -0.4 is 26.2 Å². The van der Waals surface area contributed by atoms with Crippen molar-refractivity contribution in [3.8, 4) is 90.0 Å². The van der Waals surface area contributed by atoms with Gasteiger partial charge in [-0.2, -0.15) is 0 Å². The van der Waals surface area contributed by atoms with Crippen molar-refractivity contribution in [3.05, 3.63) is 360 Å². The van der Waals surface area contributed by atoms with Gasteiger partial charge in [-0.1, -0.05) is 357 Å². The number of fused-ring (bicyclic) bond motifs is 10. The Kier molecular flexibility index (Phi) is 17.2. The smallest absolute Gasteiger partial charge is 0.252 e. The third kappa shape index (κ3) is 15.0. The lowest BCUT2D eigenvalue weighted by Gasteiger charge is -2.46. The van der Waals surface area contributed by atoms with Crippen LogP contribution in [0.3, 0.4) is 0 Å². The highest BCUT2D eigenvalue weighted by molar-refractivity contribution is 7.00. The molecule has 7 nitrogen and oxygen atoms in total. The standard InChI is InChI=1S/C121H116BN7/c1-115(2,3)83-48-57-102-94(67-83)95-68-84(116(4,5)6)49-58-103(95)126(102)90-52-54-99-106(73-90)128(101-56-47-80(75-37-27-22-28-38-75)63-92(101)76-39-29-23-30-40-76)108-64-82(81-61-87(119(13,14)15)66-88(62-81)120(16,17)18)65-109-110(108)122(99)100-55-53-91(127-104-59-50-85(117(7,8)9)69-96(104)97-70-86(118(10,11)12)51-60-105(97)127)74-107(100)129(109)111-93(77-41-31-24-32-42-77)71-89(121(19,20)21)72-98(111)114-124-112(78-43-33-25-34-44-78)123-113(125-114)79-45-35-26-36-46-79/h22-74H,1-21H3/i25D,26D,33D,34D,35D,36D,43D,44D,45D,46D. The van der Waals surface area contributed by atoms with Gasteiger partial charge in [0, 0.05) is 83.5 Å². The molecule has 18 aromatic rings. The number of rotatable bonds is 11. The first-order valence-electron chi connectivity index (χ1n) is 50.3. The maximum Gasteiger partial charge on any atom is 0.252 e. The maximum atomic E-state index is 9.79. The molecule has 0 fully saturated rings. The average Bonchev–Trinajstić information content (AvgIpc) is 1.12. The highest BCUT2D eigenvalue weighted by atomic mass is 15.2. The van der Waals surface area contributed by atoms with Crippen molar-refractivity contribution in [3.63, 3.8) is 0 Å². The zero-order chi connectivity index (χ0) is 98.8. The van der Waals surface area contributed by atoms with Crippen LogP contribution in [0.5, 0.6) is 0 Å². The monoisotopic (exact) mass is 1690 g/mol. The van der Waals surface area contributed by atoms with E-state index in [2.05, 4.69) is 407 Å². The van der Waals surface area contributed by atoms with Crippen LogP contribution in [0.2, 0.25) is 0 Å². The normalized spacial score (nSPS) is 14.3. The minimum Gasteiger partial charge on any atom is -0.311 e. The van der Waals surface area contributed by atoms with Gasteiger partial charge in [0.25, 0.3) is 6.71 Å². The summed E-state index contributed by atoms with van der Waals surface area (Å²) in [6, 6.07) is 90.8. The summed E-state index contributed by atoms with van der Waals surface area (Å²) < 4.78 is 99.1. The second kappa shape index (κ2) is 30.7. The van der Waals surface area contributed by atoms with E-state index in [0.717, 1.165) is 150 Å². The van der Waals surface area contributed by atoms with Gasteiger partial charge in [-0.05, 0) is 236 Å². The van der Waals surface area contributed by atoms with E-state index in [-0.39, 0.29) is 61.1 Å². The first kappa shape index (κ1) is 72.6. The number of hydrogen-bond donors (Lipinski definition) is 0.